The molecule has 0 saturated heterocycles. The molecule has 1 aliphatic carbocycles. The monoisotopic (exact) mass is 219 g/mol. The van der Waals surface area contributed by atoms with Crippen molar-refractivity contribution >= 4 is 0 Å². The van der Waals surface area contributed by atoms with Crippen LogP contribution in [-0.2, 0) is 0 Å². The van der Waals surface area contributed by atoms with Gasteiger partial charge in [-0.1, -0.05) is 37.1 Å². The van der Waals surface area contributed by atoms with E-state index in [2.05, 4.69) is 18.5 Å². The topological polar surface area (TPSA) is 46.2 Å². The molecule has 2 nitrogen and oxygen atoms in total. The molecule has 0 aromatic rings. The van der Waals surface area contributed by atoms with Gasteiger partial charge in [-0.25, -0.2) is 0 Å². The van der Waals surface area contributed by atoms with Crippen LogP contribution in [-0.4, -0.2) is 11.2 Å². The average molecular weight is 219 g/mol. The molecule has 0 aromatic carbocycles. The van der Waals surface area contributed by atoms with E-state index in [0.29, 0.717) is 5.41 Å². The minimum atomic E-state index is -0.360. The quantitative estimate of drug-likeness (QED) is 0.409. The molecule has 2 heteroatoms. The zero-order valence-electron chi connectivity index (χ0n) is 9.78. The standard InChI is InChI=1S/C14H21NO/c1-2-3-6-13(16)7-11-14(8-4-9-14)10-5-12-15/h2-3,6,13,16H,1,4,7-11,15H2/b6-3+. The third kappa shape index (κ3) is 3.75. The van der Waals surface area contributed by atoms with Crippen LogP contribution in [0.5, 0.6) is 0 Å². The summed E-state index contributed by atoms with van der Waals surface area (Å²) in [4.78, 5) is 0. The number of rotatable bonds is 6. The Morgan fingerprint density at radius 1 is 1.50 bits per heavy atom. The van der Waals surface area contributed by atoms with Crippen molar-refractivity contribution in [2.45, 2.75) is 44.6 Å². The maximum atomic E-state index is 9.69. The van der Waals surface area contributed by atoms with E-state index in [0.717, 1.165) is 19.3 Å². The Balaban J connectivity index is 2.35. The van der Waals surface area contributed by atoms with Crippen molar-refractivity contribution in [1.82, 2.24) is 0 Å². The highest BCUT2D eigenvalue weighted by atomic mass is 16.3. The smallest absolute Gasteiger partial charge is 0.0724 e. The maximum Gasteiger partial charge on any atom is 0.0724 e. The molecule has 3 N–H and O–H groups in total. The van der Waals surface area contributed by atoms with Gasteiger partial charge in [-0.3, -0.25) is 0 Å². The Bertz CT molecular complexity index is 304. The van der Waals surface area contributed by atoms with Crippen LogP contribution in [0, 0.1) is 17.4 Å². The van der Waals surface area contributed by atoms with Gasteiger partial charge in [-0.2, -0.15) is 0 Å². The summed E-state index contributed by atoms with van der Waals surface area (Å²) in [6.45, 7) is 3.58. The van der Waals surface area contributed by atoms with Gasteiger partial charge in [0.05, 0.1) is 6.10 Å². The van der Waals surface area contributed by atoms with Gasteiger partial charge in [0.15, 0.2) is 0 Å². The van der Waals surface area contributed by atoms with E-state index in [4.69, 9.17) is 5.73 Å². The summed E-state index contributed by atoms with van der Waals surface area (Å²) in [5, 5.41) is 9.69. The van der Waals surface area contributed by atoms with Gasteiger partial charge in [0, 0.05) is 12.5 Å². The molecule has 1 rings (SSSR count). The first-order valence-electron chi connectivity index (χ1n) is 5.88. The average Bonchev–Trinajstić information content (AvgIpc) is 2.24. The molecule has 0 aliphatic heterocycles. The van der Waals surface area contributed by atoms with Gasteiger partial charge in [-0.15, -0.1) is 0 Å². The summed E-state index contributed by atoms with van der Waals surface area (Å²) in [7, 11) is 0. The third-order valence-corrected chi connectivity index (χ3v) is 3.42. The third-order valence-electron chi connectivity index (χ3n) is 3.42. The second-order valence-corrected chi connectivity index (χ2v) is 4.58. The molecule has 0 amide bonds. The highest BCUT2D eigenvalue weighted by Crippen LogP contribution is 2.47. The Hall–Kier alpha value is -1.20. The van der Waals surface area contributed by atoms with Crippen molar-refractivity contribution in [3.63, 3.8) is 0 Å². The highest BCUT2D eigenvalue weighted by molar-refractivity contribution is 5.04. The fourth-order valence-electron chi connectivity index (χ4n) is 2.19. The van der Waals surface area contributed by atoms with Crippen LogP contribution in [0.4, 0.5) is 0 Å². The number of hydrogen-bond donors (Lipinski definition) is 2. The highest BCUT2D eigenvalue weighted by Gasteiger charge is 2.35. The van der Waals surface area contributed by atoms with Crippen LogP contribution in [0.3, 0.4) is 0 Å². The Morgan fingerprint density at radius 3 is 2.75 bits per heavy atom. The number of hydrogen-bond acceptors (Lipinski definition) is 2. The van der Waals surface area contributed by atoms with Crippen molar-refractivity contribution in [1.29, 1.82) is 0 Å². The lowest BCUT2D eigenvalue weighted by molar-refractivity contribution is 0.0976. The minimum Gasteiger partial charge on any atom is -0.389 e. The van der Waals surface area contributed by atoms with Crippen LogP contribution >= 0.6 is 0 Å². The molecule has 1 fully saturated rings. The second-order valence-electron chi connectivity index (χ2n) is 4.58. The van der Waals surface area contributed by atoms with E-state index in [9.17, 15) is 5.11 Å². The van der Waals surface area contributed by atoms with Gasteiger partial charge in [0.2, 0.25) is 0 Å². The maximum absolute atomic E-state index is 9.69. The molecule has 1 aliphatic rings. The van der Waals surface area contributed by atoms with E-state index < -0.39 is 0 Å². The SMILES string of the molecule is C=C/C=C/C(O)CCC1(CC#CN)CCC1. The lowest BCUT2D eigenvalue weighted by Gasteiger charge is -2.41. The van der Waals surface area contributed by atoms with Crippen molar-refractivity contribution in [2.75, 3.05) is 0 Å². The van der Waals surface area contributed by atoms with E-state index in [1.807, 2.05) is 0 Å². The Labute approximate surface area is 98.2 Å². The Morgan fingerprint density at radius 2 is 2.25 bits per heavy atom. The van der Waals surface area contributed by atoms with Gasteiger partial charge >= 0.3 is 0 Å². The van der Waals surface area contributed by atoms with Crippen molar-refractivity contribution in [2.24, 2.45) is 11.1 Å². The van der Waals surface area contributed by atoms with Crippen molar-refractivity contribution in [3.05, 3.63) is 24.8 Å². The molecule has 0 heterocycles. The van der Waals surface area contributed by atoms with Crippen LogP contribution in [0.1, 0.15) is 38.5 Å². The van der Waals surface area contributed by atoms with Crippen molar-refractivity contribution < 1.29 is 5.11 Å². The molecule has 16 heavy (non-hydrogen) atoms. The summed E-state index contributed by atoms with van der Waals surface area (Å²) in [5.41, 5.74) is 5.53. The number of aliphatic hydroxyl groups excluding tert-OH is 1. The zero-order valence-corrected chi connectivity index (χ0v) is 9.78. The molecule has 88 valence electrons. The molecule has 0 radical (unpaired) electrons. The number of nitrogens with two attached hydrogens (primary N) is 1. The van der Waals surface area contributed by atoms with Crippen LogP contribution in [0.15, 0.2) is 24.8 Å². The predicted molar refractivity (Wildman–Crippen MR) is 67.4 cm³/mol. The first-order valence-corrected chi connectivity index (χ1v) is 5.88. The molecular formula is C14H21NO. The van der Waals surface area contributed by atoms with Gasteiger partial charge in [0.25, 0.3) is 0 Å². The largest absolute Gasteiger partial charge is 0.389 e. The van der Waals surface area contributed by atoms with Crippen molar-refractivity contribution in [3.8, 4) is 12.0 Å². The minimum absolute atomic E-state index is 0.329. The van der Waals surface area contributed by atoms with E-state index in [1.54, 1.807) is 18.2 Å². The van der Waals surface area contributed by atoms with Crippen LogP contribution in [0.2, 0.25) is 0 Å². The van der Waals surface area contributed by atoms with Crippen LogP contribution in [0.25, 0.3) is 0 Å². The fraction of sp³-hybridized carbons (Fsp3) is 0.571. The molecule has 0 bridgehead atoms. The number of allylic oxidation sites excluding steroid dienone is 2. The lowest BCUT2D eigenvalue weighted by Crippen LogP contribution is -2.30. The molecule has 1 saturated carbocycles. The number of aliphatic hydroxyl groups is 1. The van der Waals surface area contributed by atoms with Crippen LogP contribution < -0.4 is 5.73 Å². The van der Waals surface area contributed by atoms with E-state index in [-0.39, 0.29) is 6.10 Å². The summed E-state index contributed by atoms with van der Waals surface area (Å²) in [5.74, 6) is 2.97. The van der Waals surface area contributed by atoms with E-state index >= 15 is 0 Å². The lowest BCUT2D eigenvalue weighted by atomic mass is 9.64. The normalized spacial score (nSPS) is 19.6. The molecule has 1 unspecified atom stereocenters. The molecule has 0 spiro atoms. The Kier molecular flexibility index (Phi) is 5.14. The summed E-state index contributed by atoms with van der Waals surface area (Å²) < 4.78 is 0. The molecule has 0 aromatic heterocycles. The zero-order chi connectivity index (χ0) is 11.9. The summed E-state index contributed by atoms with van der Waals surface area (Å²) >= 11 is 0. The predicted octanol–water partition coefficient (Wildman–Crippen LogP) is 2.35. The first-order chi connectivity index (χ1) is 7.72. The van der Waals surface area contributed by atoms with Gasteiger partial charge in [-0.05, 0) is 31.1 Å². The second kappa shape index (κ2) is 6.40. The van der Waals surface area contributed by atoms with E-state index in [1.165, 1.54) is 19.3 Å². The van der Waals surface area contributed by atoms with Gasteiger partial charge < -0.3 is 10.8 Å². The summed E-state index contributed by atoms with van der Waals surface area (Å²) in [6.07, 6.45) is 11.3. The van der Waals surface area contributed by atoms with Gasteiger partial charge in [0.1, 0.15) is 0 Å². The molecule has 1 atom stereocenters. The fourth-order valence-corrected chi connectivity index (χ4v) is 2.19. The summed E-state index contributed by atoms with van der Waals surface area (Å²) in [6, 6.07) is 2.47. The molecular weight excluding hydrogens is 198 g/mol. The first kappa shape index (κ1) is 12.9.